The van der Waals surface area contributed by atoms with Crippen molar-refractivity contribution in [3.8, 4) is 0 Å². The Balaban J connectivity index is 2.57. The largest absolute Gasteiger partial charge is 0.330 e. The Bertz CT molecular complexity index is 233. The van der Waals surface area contributed by atoms with Crippen molar-refractivity contribution in [1.82, 2.24) is 4.90 Å². The molecule has 1 saturated heterocycles. The summed E-state index contributed by atoms with van der Waals surface area (Å²) in [6.07, 6.45) is 1.71. The van der Waals surface area contributed by atoms with E-state index in [1.807, 2.05) is 0 Å². The first kappa shape index (κ1) is 12.2. The summed E-state index contributed by atoms with van der Waals surface area (Å²) < 4.78 is 0. The number of imide groups is 1. The molecule has 15 heavy (non-hydrogen) atoms. The van der Waals surface area contributed by atoms with Crippen LogP contribution < -0.4 is 5.73 Å². The van der Waals surface area contributed by atoms with Crippen molar-refractivity contribution >= 4 is 11.8 Å². The molecule has 4 nitrogen and oxygen atoms in total. The average Bonchev–Trinajstić information content (AvgIpc) is 2.16. The van der Waals surface area contributed by atoms with Gasteiger partial charge in [0.15, 0.2) is 0 Å². The minimum atomic E-state index is -0.0293. The summed E-state index contributed by atoms with van der Waals surface area (Å²) in [6, 6.07) is 0. The quantitative estimate of drug-likeness (QED) is 0.700. The molecule has 2 N–H and O–H groups in total. The lowest BCUT2D eigenvalue weighted by molar-refractivity contribution is -0.150. The van der Waals surface area contributed by atoms with Crippen molar-refractivity contribution < 1.29 is 9.59 Å². The van der Waals surface area contributed by atoms with Crippen molar-refractivity contribution in [3.63, 3.8) is 0 Å². The highest BCUT2D eigenvalue weighted by molar-refractivity contribution is 5.97. The van der Waals surface area contributed by atoms with Crippen LogP contribution >= 0.6 is 0 Å². The van der Waals surface area contributed by atoms with Gasteiger partial charge in [-0.2, -0.15) is 0 Å². The van der Waals surface area contributed by atoms with Crippen molar-refractivity contribution in [2.45, 2.75) is 33.1 Å². The van der Waals surface area contributed by atoms with E-state index in [-0.39, 0.29) is 17.7 Å². The number of nitrogens with zero attached hydrogens (tertiary/aromatic N) is 1. The normalized spacial score (nSPS) is 19.1. The Morgan fingerprint density at radius 3 is 2.27 bits per heavy atom. The van der Waals surface area contributed by atoms with E-state index in [0.717, 1.165) is 0 Å². The molecule has 0 bridgehead atoms. The molecular formula is C11H20N2O2. The number of rotatable bonds is 4. The summed E-state index contributed by atoms with van der Waals surface area (Å²) >= 11 is 0. The molecule has 0 unspecified atom stereocenters. The van der Waals surface area contributed by atoms with Crippen molar-refractivity contribution in [2.75, 3.05) is 13.1 Å². The first-order chi connectivity index (χ1) is 7.06. The molecule has 0 saturated carbocycles. The highest BCUT2D eigenvalue weighted by Crippen LogP contribution is 2.26. The van der Waals surface area contributed by atoms with Crippen LogP contribution in [0.25, 0.3) is 0 Å². The van der Waals surface area contributed by atoms with Crippen LogP contribution in [-0.4, -0.2) is 29.8 Å². The van der Waals surface area contributed by atoms with Crippen LogP contribution in [-0.2, 0) is 9.59 Å². The van der Waals surface area contributed by atoms with Gasteiger partial charge in [-0.3, -0.25) is 14.5 Å². The zero-order valence-electron chi connectivity index (χ0n) is 9.53. The van der Waals surface area contributed by atoms with Crippen molar-refractivity contribution in [3.05, 3.63) is 0 Å². The molecule has 0 aliphatic carbocycles. The fourth-order valence-electron chi connectivity index (χ4n) is 1.85. The number of carbonyl (C=O) groups excluding carboxylic acids is 2. The minimum Gasteiger partial charge on any atom is -0.330 e. The number of hydrogen-bond acceptors (Lipinski definition) is 3. The van der Waals surface area contributed by atoms with Gasteiger partial charge in [0.2, 0.25) is 11.8 Å². The molecule has 1 rings (SSSR count). The first-order valence-corrected chi connectivity index (χ1v) is 5.59. The molecule has 0 aromatic heterocycles. The van der Waals surface area contributed by atoms with E-state index in [4.69, 9.17) is 5.73 Å². The van der Waals surface area contributed by atoms with Gasteiger partial charge in [-0.1, -0.05) is 13.8 Å². The molecular weight excluding hydrogens is 192 g/mol. The fraction of sp³-hybridized carbons (Fsp3) is 0.818. The van der Waals surface area contributed by atoms with E-state index in [1.54, 1.807) is 0 Å². The summed E-state index contributed by atoms with van der Waals surface area (Å²) in [5.41, 5.74) is 5.36. The molecule has 0 atom stereocenters. The second-order valence-corrected chi connectivity index (χ2v) is 4.49. The second-order valence-electron chi connectivity index (χ2n) is 4.49. The van der Waals surface area contributed by atoms with E-state index in [2.05, 4.69) is 13.8 Å². The third-order valence-electron chi connectivity index (χ3n) is 3.00. The molecule has 0 aromatic carbocycles. The number of nitrogens with two attached hydrogens (primary N) is 1. The summed E-state index contributed by atoms with van der Waals surface area (Å²) in [5.74, 6) is 0.561. The number of piperidine rings is 1. The highest BCUT2D eigenvalue weighted by atomic mass is 16.2. The molecule has 2 amide bonds. The van der Waals surface area contributed by atoms with E-state index in [9.17, 15) is 9.59 Å². The lowest BCUT2D eigenvalue weighted by atomic mass is 9.86. The topological polar surface area (TPSA) is 63.4 Å². The maximum atomic E-state index is 11.7. The van der Waals surface area contributed by atoms with Crippen LogP contribution in [0.1, 0.15) is 33.1 Å². The maximum absolute atomic E-state index is 11.7. The number of carbonyl (C=O) groups is 2. The van der Waals surface area contributed by atoms with Crippen LogP contribution in [0.2, 0.25) is 0 Å². The Labute approximate surface area is 90.8 Å². The van der Waals surface area contributed by atoms with Crippen LogP contribution in [0.4, 0.5) is 0 Å². The molecule has 0 radical (unpaired) electrons. The van der Waals surface area contributed by atoms with Crippen molar-refractivity contribution in [1.29, 1.82) is 0 Å². The lowest BCUT2D eigenvalue weighted by Crippen LogP contribution is -2.45. The molecule has 4 heteroatoms. The standard InChI is InChI=1S/C11H20N2O2/c1-8(2)9-6-10(14)13(5-3-4-12)11(15)7-9/h8-9H,3-7,12H2,1-2H3. The predicted molar refractivity (Wildman–Crippen MR) is 58.0 cm³/mol. The van der Waals surface area contributed by atoms with Crippen LogP contribution in [0, 0.1) is 11.8 Å². The van der Waals surface area contributed by atoms with Crippen LogP contribution in [0.5, 0.6) is 0 Å². The summed E-state index contributed by atoms with van der Waals surface area (Å²) in [7, 11) is 0. The number of likely N-dealkylation sites (tertiary alicyclic amines) is 1. The molecule has 1 aliphatic rings. The molecule has 0 spiro atoms. The molecule has 1 aliphatic heterocycles. The van der Waals surface area contributed by atoms with Crippen molar-refractivity contribution in [2.24, 2.45) is 17.6 Å². The maximum Gasteiger partial charge on any atom is 0.229 e. The molecule has 0 aromatic rings. The number of hydrogen-bond donors (Lipinski definition) is 1. The van der Waals surface area contributed by atoms with Gasteiger partial charge < -0.3 is 5.73 Å². The van der Waals surface area contributed by atoms with Crippen LogP contribution in [0.15, 0.2) is 0 Å². The zero-order valence-corrected chi connectivity index (χ0v) is 9.53. The van der Waals surface area contributed by atoms with Gasteiger partial charge in [0.1, 0.15) is 0 Å². The van der Waals surface area contributed by atoms with Gasteiger partial charge in [0, 0.05) is 19.4 Å². The summed E-state index contributed by atoms with van der Waals surface area (Å²) in [4.78, 5) is 24.7. The predicted octanol–water partition coefficient (Wildman–Crippen LogP) is 0.756. The zero-order chi connectivity index (χ0) is 11.4. The van der Waals surface area contributed by atoms with Gasteiger partial charge >= 0.3 is 0 Å². The monoisotopic (exact) mass is 212 g/mol. The lowest BCUT2D eigenvalue weighted by Gasteiger charge is -2.31. The third-order valence-corrected chi connectivity index (χ3v) is 3.00. The summed E-state index contributed by atoms with van der Waals surface area (Å²) in [6.45, 7) is 5.12. The van der Waals surface area contributed by atoms with Gasteiger partial charge in [0.05, 0.1) is 0 Å². The van der Waals surface area contributed by atoms with E-state index >= 15 is 0 Å². The van der Waals surface area contributed by atoms with Gasteiger partial charge in [-0.25, -0.2) is 0 Å². The molecule has 86 valence electrons. The average molecular weight is 212 g/mol. The Hall–Kier alpha value is -0.900. The smallest absolute Gasteiger partial charge is 0.229 e. The van der Waals surface area contributed by atoms with E-state index in [1.165, 1.54) is 4.90 Å². The van der Waals surface area contributed by atoms with Gasteiger partial charge in [-0.15, -0.1) is 0 Å². The minimum absolute atomic E-state index is 0.0293. The third kappa shape index (κ3) is 3.02. The highest BCUT2D eigenvalue weighted by Gasteiger charge is 2.33. The Morgan fingerprint density at radius 2 is 1.87 bits per heavy atom. The first-order valence-electron chi connectivity index (χ1n) is 5.59. The van der Waals surface area contributed by atoms with Gasteiger partial charge in [0.25, 0.3) is 0 Å². The van der Waals surface area contributed by atoms with E-state index in [0.29, 0.717) is 38.3 Å². The van der Waals surface area contributed by atoms with Crippen LogP contribution in [0.3, 0.4) is 0 Å². The fourth-order valence-corrected chi connectivity index (χ4v) is 1.85. The Morgan fingerprint density at radius 1 is 1.33 bits per heavy atom. The van der Waals surface area contributed by atoms with Gasteiger partial charge in [-0.05, 0) is 24.8 Å². The summed E-state index contributed by atoms with van der Waals surface area (Å²) in [5, 5.41) is 0. The Kier molecular flexibility index (Phi) is 4.27. The van der Waals surface area contributed by atoms with E-state index < -0.39 is 0 Å². The second kappa shape index (κ2) is 5.26. The molecule has 1 heterocycles. The molecule has 1 fully saturated rings. The number of amides is 2. The SMILES string of the molecule is CC(C)C1CC(=O)N(CCCN)C(=O)C1.